The summed E-state index contributed by atoms with van der Waals surface area (Å²) < 4.78 is 15.3. The Kier molecular flexibility index (Phi) is 4.21. The fraction of sp³-hybridized carbons (Fsp3) is 0.545. The van der Waals surface area contributed by atoms with E-state index in [0.717, 1.165) is 6.42 Å². The molecule has 1 rings (SSSR count). The summed E-state index contributed by atoms with van der Waals surface area (Å²) in [4.78, 5) is 11.0. The molecular weight excluding hydrogens is 196 g/mol. The van der Waals surface area contributed by atoms with E-state index in [1.54, 1.807) is 6.92 Å². The highest BCUT2D eigenvalue weighted by atomic mass is 16.7. The Bertz CT molecular complexity index is 291. The maximum Gasteiger partial charge on any atom is 0.305 e. The van der Waals surface area contributed by atoms with Crippen LogP contribution in [0.2, 0.25) is 0 Å². The van der Waals surface area contributed by atoms with Crippen molar-refractivity contribution in [3.63, 3.8) is 0 Å². The Morgan fingerprint density at radius 3 is 2.73 bits per heavy atom. The lowest BCUT2D eigenvalue weighted by molar-refractivity contribution is -0.143. The molecule has 84 valence electrons. The molecule has 0 aromatic carbocycles. The van der Waals surface area contributed by atoms with Gasteiger partial charge in [-0.05, 0) is 19.9 Å². The number of carbonyl (C=O) groups is 1. The predicted molar refractivity (Wildman–Crippen MR) is 54.5 cm³/mol. The summed E-state index contributed by atoms with van der Waals surface area (Å²) >= 11 is 0. The zero-order valence-electron chi connectivity index (χ0n) is 9.17. The van der Waals surface area contributed by atoms with Gasteiger partial charge in [0.25, 0.3) is 5.95 Å². The van der Waals surface area contributed by atoms with E-state index in [2.05, 4.69) is 6.58 Å². The molecule has 0 saturated carbocycles. The van der Waals surface area contributed by atoms with Gasteiger partial charge >= 0.3 is 5.97 Å². The van der Waals surface area contributed by atoms with Gasteiger partial charge in [-0.1, -0.05) is 6.92 Å². The number of rotatable bonds is 5. The SMILES string of the molecule is C=C1OC(C)=C(CCOC(=O)CCC)O1. The molecule has 0 aliphatic carbocycles. The highest BCUT2D eigenvalue weighted by molar-refractivity contribution is 5.69. The summed E-state index contributed by atoms with van der Waals surface area (Å²) in [7, 11) is 0. The second-order valence-corrected chi connectivity index (χ2v) is 3.28. The van der Waals surface area contributed by atoms with Crippen molar-refractivity contribution in [3.05, 3.63) is 24.0 Å². The van der Waals surface area contributed by atoms with Crippen molar-refractivity contribution < 1.29 is 19.0 Å². The molecule has 0 saturated heterocycles. The van der Waals surface area contributed by atoms with Gasteiger partial charge in [0, 0.05) is 12.8 Å². The number of allylic oxidation sites excluding steroid dienone is 1. The van der Waals surface area contributed by atoms with Crippen molar-refractivity contribution >= 4 is 5.97 Å². The van der Waals surface area contributed by atoms with E-state index in [4.69, 9.17) is 14.2 Å². The molecule has 0 aromatic rings. The number of carbonyl (C=O) groups excluding carboxylic acids is 1. The van der Waals surface area contributed by atoms with E-state index in [0.29, 0.717) is 31.0 Å². The van der Waals surface area contributed by atoms with Crippen LogP contribution in [-0.2, 0) is 19.0 Å². The molecule has 0 atom stereocenters. The number of hydrogen-bond acceptors (Lipinski definition) is 4. The first-order chi connectivity index (χ1) is 7.13. The van der Waals surface area contributed by atoms with Crippen molar-refractivity contribution in [1.82, 2.24) is 0 Å². The van der Waals surface area contributed by atoms with Gasteiger partial charge in [-0.2, -0.15) is 0 Å². The molecule has 0 fully saturated rings. The minimum absolute atomic E-state index is 0.173. The summed E-state index contributed by atoms with van der Waals surface area (Å²) in [6, 6.07) is 0. The second kappa shape index (κ2) is 5.44. The molecule has 1 heterocycles. The third kappa shape index (κ3) is 3.65. The van der Waals surface area contributed by atoms with Crippen LogP contribution in [0, 0.1) is 0 Å². The monoisotopic (exact) mass is 212 g/mol. The first-order valence-electron chi connectivity index (χ1n) is 5.03. The molecule has 0 bridgehead atoms. The Balaban J connectivity index is 2.23. The van der Waals surface area contributed by atoms with E-state index in [9.17, 15) is 4.79 Å². The second-order valence-electron chi connectivity index (χ2n) is 3.28. The van der Waals surface area contributed by atoms with Crippen LogP contribution in [0.25, 0.3) is 0 Å². The van der Waals surface area contributed by atoms with Gasteiger partial charge in [0.15, 0.2) is 0 Å². The van der Waals surface area contributed by atoms with Gasteiger partial charge in [-0.3, -0.25) is 4.79 Å². The number of hydrogen-bond donors (Lipinski definition) is 0. The number of ether oxygens (including phenoxy) is 3. The van der Waals surface area contributed by atoms with Crippen molar-refractivity contribution in [2.75, 3.05) is 6.61 Å². The van der Waals surface area contributed by atoms with Gasteiger partial charge in [-0.25, -0.2) is 0 Å². The van der Waals surface area contributed by atoms with Crippen LogP contribution in [0.3, 0.4) is 0 Å². The maximum absolute atomic E-state index is 11.0. The van der Waals surface area contributed by atoms with Crippen molar-refractivity contribution in [2.24, 2.45) is 0 Å². The Morgan fingerprint density at radius 1 is 1.47 bits per heavy atom. The highest BCUT2D eigenvalue weighted by Crippen LogP contribution is 2.25. The molecule has 4 heteroatoms. The van der Waals surface area contributed by atoms with Gasteiger partial charge in [0.1, 0.15) is 11.5 Å². The van der Waals surface area contributed by atoms with Crippen LogP contribution in [0.1, 0.15) is 33.1 Å². The van der Waals surface area contributed by atoms with Crippen molar-refractivity contribution in [3.8, 4) is 0 Å². The minimum Gasteiger partial charge on any atom is -0.465 e. The lowest BCUT2D eigenvalue weighted by Gasteiger charge is -2.03. The van der Waals surface area contributed by atoms with E-state index in [-0.39, 0.29) is 11.9 Å². The van der Waals surface area contributed by atoms with Gasteiger partial charge < -0.3 is 14.2 Å². The van der Waals surface area contributed by atoms with E-state index < -0.39 is 0 Å². The third-order valence-electron chi connectivity index (χ3n) is 1.94. The molecule has 0 radical (unpaired) electrons. The lowest BCUT2D eigenvalue weighted by Crippen LogP contribution is -2.06. The summed E-state index contributed by atoms with van der Waals surface area (Å²) in [5.41, 5.74) is 0. The van der Waals surface area contributed by atoms with E-state index in [1.807, 2.05) is 6.92 Å². The first-order valence-corrected chi connectivity index (χ1v) is 5.03. The maximum atomic E-state index is 11.0. The standard InChI is InChI=1S/C11H16O4/c1-4-5-11(12)13-7-6-10-8(2)14-9(3)15-10/h3-7H2,1-2H3. The first kappa shape index (κ1) is 11.6. The fourth-order valence-electron chi connectivity index (χ4n) is 1.22. The van der Waals surface area contributed by atoms with Crippen LogP contribution in [0.4, 0.5) is 0 Å². The molecule has 1 aliphatic heterocycles. The zero-order chi connectivity index (χ0) is 11.3. The molecule has 15 heavy (non-hydrogen) atoms. The van der Waals surface area contributed by atoms with Crippen LogP contribution in [-0.4, -0.2) is 12.6 Å². The number of esters is 1. The van der Waals surface area contributed by atoms with E-state index in [1.165, 1.54) is 0 Å². The van der Waals surface area contributed by atoms with Crippen molar-refractivity contribution in [1.29, 1.82) is 0 Å². The molecule has 0 N–H and O–H groups in total. The smallest absolute Gasteiger partial charge is 0.305 e. The summed E-state index contributed by atoms with van der Waals surface area (Å²) in [6.07, 6.45) is 1.79. The minimum atomic E-state index is -0.173. The molecule has 1 aliphatic rings. The Morgan fingerprint density at radius 2 is 2.20 bits per heavy atom. The Labute approximate surface area is 89.5 Å². The average Bonchev–Trinajstić information content (AvgIpc) is 2.46. The molecule has 0 spiro atoms. The topological polar surface area (TPSA) is 44.8 Å². The normalized spacial score (nSPS) is 14.9. The van der Waals surface area contributed by atoms with Crippen molar-refractivity contribution in [2.45, 2.75) is 33.1 Å². The summed E-state index contributed by atoms with van der Waals surface area (Å²) in [5.74, 6) is 1.48. The largest absolute Gasteiger partial charge is 0.465 e. The van der Waals surface area contributed by atoms with Crippen LogP contribution < -0.4 is 0 Å². The molecule has 4 nitrogen and oxygen atoms in total. The van der Waals surface area contributed by atoms with Gasteiger partial charge in [-0.15, -0.1) is 0 Å². The van der Waals surface area contributed by atoms with Crippen LogP contribution >= 0.6 is 0 Å². The highest BCUT2D eigenvalue weighted by Gasteiger charge is 2.17. The molecular formula is C11H16O4. The molecule has 0 amide bonds. The zero-order valence-corrected chi connectivity index (χ0v) is 9.17. The predicted octanol–water partition coefficient (Wildman–Crippen LogP) is 2.47. The summed E-state index contributed by atoms with van der Waals surface area (Å²) in [6.45, 7) is 7.58. The fourth-order valence-corrected chi connectivity index (χ4v) is 1.22. The third-order valence-corrected chi connectivity index (χ3v) is 1.94. The van der Waals surface area contributed by atoms with Gasteiger partial charge in [0.05, 0.1) is 6.61 Å². The summed E-state index contributed by atoms with van der Waals surface area (Å²) in [5, 5.41) is 0. The molecule has 0 unspecified atom stereocenters. The van der Waals surface area contributed by atoms with Crippen LogP contribution in [0.5, 0.6) is 0 Å². The Hall–Kier alpha value is -1.45. The van der Waals surface area contributed by atoms with Crippen LogP contribution in [0.15, 0.2) is 24.0 Å². The van der Waals surface area contributed by atoms with Gasteiger partial charge in [0.2, 0.25) is 0 Å². The quantitative estimate of drug-likeness (QED) is 0.657. The van der Waals surface area contributed by atoms with E-state index >= 15 is 0 Å². The molecule has 0 aromatic heterocycles. The lowest BCUT2D eigenvalue weighted by atomic mass is 10.3. The average molecular weight is 212 g/mol.